The SMILES string of the molecule is C[C@@H]1[C@@H](C)C/C=C/[C@](O)(c2ccc(F)nc2)[C@@H]2CC[C@H]2CN2CCCCc3cc(Cl)ccc3COc3ccc(cc32)C(=O)NS1(=O)=O. The van der Waals surface area contributed by atoms with Gasteiger partial charge in [0, 0.05) is 41.4 Å². The molecule has 0 radical (unpaired) electrons. The number of fused-ring (bicyclic) bond motifs is 3. The van der Waals surface area contributed by atoms with Gasteiger partial charge in [-0.05, 0) is 111 Å². The zero-order valence-electron chi connectivity index (χ0n) is 26.7. The number of aryl methyl sites for hydroxylation is 1. The Kier molecular flexibility index (Phi) is 9.65. The smallest absolute Gasteiger partial charge is 0.264 e. The second kappa shape index (κ2) is 13.6. The summed E-state index contributed by atoms with van der Waals surface area (Å²) in [5.41, 5.74) is 2.12. The predicted molar refractivity (Wildman–Crippen MR) is 180 cm³/mol. The minimum Gasteiger partial charge on any atom is -0.487 e. The first-order chi connectivity index (χ1) is 22.4. The number of halogens is 2. The first kappa shape index (κ1) is 33.4. The Hall–Kier alpha value is -3.47. The predicted octanol–water partition coefficient (Wildman–Crippen LogP) is 6.55. The average Bonchev–Trinajstić information content (AvgIpc) is 3.05. The standard InChI is InChI=1S/C36H41ClFN3O5S/c1-23-6-5-16-36(43,29-11-15-34(38)39-20-29)31-13-9-27(31)21-41-17-4-3-7-25-18-30(37)12-8-28(25)22-46-33-14-10-26(19-32(33)41)35(42)40-47(44,45)24(23)2/h5,8,10-12,14-16,18-20,23-24,27,31,43H,3-4,6-7,9,13,17,21-22H2,1-2H3,(H,40,42)/b16-5+/t23-,24+,27-,31+,36-/m0/s1. The van der Waals surface area contributed by atoms with Gasteiger partial charge in [0.15, 0.2) is 0 Å². The van der Waals surface area contributed by atoms with Crippen molar-refractivity contribution in [3.05, 3.63) is 100 Å². The second-order valence-electron chi connectivity index (χ2n) is 13.2. The van der Waals surface area contributed by atoms with Gasteiger partial charge in [0.25, 0.3) is 5.91 Å². The average molecular weight is 682 g/mol. The van der Waals surface area contributed by atoms with Crippen molar-refractivity contribution in [3.8, 4) is 5.75 Å². The van der Waals surface area contributed by atoms with Crippen molar-refractivity contribution in [2.45, 2.75) is 69.8 Å². The van der Waals surface area contributed by atoms with Gasteiger partial charge in [0.05, 0.1) is 10.9 Å². The molecule has 0 saturated heterocycles. The molecule has 3 heterocycles. The van der Waals surface area contributed by atoms with Gasteiger partial charge in [-0.25, -0.2) is 18.1 Å². The summed E-state index contributed by atoms with van der Waals surface area (Å²) in [6.45, 7) is 4.90. The van der Waals surface area contributed by atoms with Crippen molar-refractivity contribution in [3.63, 3.8) is 0 Å². The number of aliphatic hydroxyl groups is 1. The fraction of sp³-hybridized carbons (Fsp3) is 0.444. The molecule has 1 aromatic heterocycles. The van der Waals surface area contributed by atoms with Crippen LogP contribution in [0.25, 0.3) is 0 Å². The Labute approximate surface area is 281 Å². The van der Waals surface area contributed by atoms with Crippen LogP contribution in [0.15, 0.2) is 66.9 Å². The molecule has 250 valence electrons. The fourth-order valence-corrected chi connectivity index (χ4v) is 8.50. The second-order valence-corrected chi connectivity index (χ2v) is 15.7. The van der Waals surface area contributed by atoms with Crippen molar-refractivity contribution >= 4 is 33.2 Å². The highest BCUT2D eigenvalue weighted by Gasteiger charge is 2.47. The lowest BCUT2D eigenvalue weighted by Crippen LogP contribution is -2.48. The van der Waals surface area contributed by atoms with Gasteiger partial charge in [-0.15, -0.1) is 0 Å². The van der Waals surface area contributed by atoms with E-state index in [1.165, 1.54) is 12.3 Å². The van der Waals surface area contributed by atoms with Gasteiger partial charge >= 0.3 is 0 Å². The van der Waals surface area contributed by atoms with E-state index >= 15 is 0 Å². The van der Waals surface area contributed by atoms with Gasteiger partial charge in [-0.1, -0.05) is 36.7 Å². The zero-order chi connectivity index (χ0) is 33.3. The van der Waals surface area contributed by atoms with Crippen LogP contribution < -0.4 is 14.4 Å². The van der Waals surface area contributed by atoms with Crippen molar-refractivity contribution in [1.82, 2.24) is 9.71 Å². The molecule has 0 unspecified atom stereocenters. The third-order valence-corrected chi connectivity index (χ3v) is 12.4. The molecule has 3 aliphatic rings. The summed E-state index contributed by atoms with van der Waals surface area (Å²) >= 11 is 6.33. The molecule has 11 heteroatoms. The van der Waals surface area contributed by atoms with E-state index in [1.54, 1.807) is 50.3 Å². The van der Waals surface area contributed by atoms with E-state index in [-0.39, 0.29) is 23.3 Å². The number of nitrogens with zero attached hydrogens (tertiary/aromatic N) is 2. The van der Waals surface area contributed by atoms with E-state index in [9.17, 15) is 22.7 Å². The molecule has 1 fully saturated rings. The van der Waals surface area contributed by atoms with Crippen LogP contribution >= 0.6 is 11.6 Å². The van der Waals surface area contributed by atoms with Crippen LogP contribution in [0.3, 0.4) is 0 Å². The summed E-state index contributed by atoms with van der Waals surface area (Å²) in [7, 11) is -4.03. The monoisotopic (exact) mass is 681 g/mol. The minimum atomic E-state index is -4.03. The summed E-state index contributed by atoms with van der Waals surface area (Å²) in [4.78, 5) is 19.5. The summed E-state index contributed by atoms with van der Waals surface area (Å²) in [5, 5.41) is 12.1. The number of hydrogen-bond acceptors (Lipinski definition) is 7. The normalized spacial score (nSPS) is 28.7. The number of nitrogens with one attached hydrogen (secondary N) is 1. The number of rotatable bonds is 1. The molecule has 1 saturated carbocycles. The van der Waals surface area contributed by atoms with Crippen molar-refractivity contribution < 1.29 is 27.4 Å². The number of benzene rings is 2. The van der Waals surface area contributed by atoms with Crippen molar-refractivity contribution in [1.29, 1.82) is 0 Å². The largest absolute Gasteiger partial charge is 0.487 e. The van der Waals surface area contributed by atoms with Gasteiger partial charge in [-0.3, -0.25) is 4.79 Å². The van der Waals surface area contributed by atoms with Crippen molar-refractivity contribution in [2.75, 3.05) is 18.0 Å². The van der Waals surface area contributed by atoms with E-state index in [1.807, 2.05) is 18.2 Å². The Bertz CT molecular complexity index is 1770. The fourth-order valence-electron chi connectivity index (χ4n) is 7.02. The van der Waals surface area contributed by atoms with Crippen LogP contribution in [0.2, 0.25) is 5.02 Å². The third-order valence-electron chi connectivity index (χ3n) is 10.3. The number of allylic oxidation sites excluding steroid dienone is 1. The molecular weight excluding hydrogens is 641 g/mol. The van der Waals surface area contributed by atoms with Gasteiger partial charge in [0.1, 0.15) is 18.0 Å². The summed E-state index contributed by atoms with van der Waals surface area (Å²) in [6, 6.07) is 13.7. The van der Waals surface area contributed by atoms with Crippen molar-refractivity contribution in [2.24, 2.45) is 17.8 Å². The Morgan fingerprint density at radius 2 is 1.91 bits per heavy atom. The number of anilines is 1. The van der Waals surface area contributed by atoms with Crippen LogP contribution in [-0.2, 0) is 28.7 Å². The molecular formula is C36H41ClFN3O5S. The molecule has 1 aliphatic carbocycles. The first-order valence-electron chi connectivity index (χ1n) is 16.3. The zero-order valence-corrected chi connectivity index (χ0v) is 28.2. The lowest BCUT2D eigenvalue weighted by atomic mass is 9.62. The molecule has 1 amide bonds. The molecule has 47 heavy (non-hydrogen) atoms. The number of carbonyl (C=O) groups is 1. The van der Waals surface area contributed by atoms with E-state index < -0.39 is 32.7 Å². The van der Waals surface area contributed by atoms with Crippen LogP contribution in [0.1, 0.15) is 73.0 Å². The molecule has 5 atom stereocenters. The Morgan fingerprint density at radius 1 is 1.09 bits per heavy atom. The number of pyridine rings is 1. The van der Waals surface area contributed by atoms with Gasteiger partial charge < -0.3 is 14.7 Å². The maximum Gasteiger partial charge on any atom is 0.264 e. The highest BCUT2D eigenvalue weighted by Crippen LogP contribution is 2.49. The molecule has 0 spiro atoms. The lowest BCUT2D eigenvalue weighted by Gasteiger charge is -2.48. The first-order valence-corrected chi connectivity index (χ1v) is 18.2. The maximum atomic E-state index is 13.9. The highest BCUT2D eigenvalue weighted by atomic mass is 35.5. The maximum absolute atomic E-state index is 13.9. The van der Waals surface area contributed by atoms with Crippen LogP contribution in [0, 0.1) is 23.7 Å². The number of sulfonamides is 1. The molecule has 2 bridgehead atoms. The molecule has 6 rings (SSSR count). The molecule has 2 N–H and O–H groups in total. The number of amides is 1. The van der Waals surface area contributed by atoms with E-state index in [2.05, 4.69) is 14.6 Å². The quantitative estimate of drug-likeness (QED) is 0.221. The van der Waals surface area contributed by atoms with Gasteiger partial charge in [0.2, 0.25) is 16.0 Å². The van der Waals surface area contributed by atoms with E-state index in [0.29, 0.717) is 48.1 Å². The van der Waals surface area contributed by atoms with Crippen LogP contribution in [0.4, 0.5) is 10.1 Å². The van der Waals surface area contributed by atoms with E-state index in [0.717, 1.165) is 43.2 Å². The molecule has 2 aliphatic heterocycles. The molecule has 2 aromatic carbocycles. The number of carbonyl (C=O) groups excluding carboxylic acids is 1. The highest BCUT2D eigenvalue weighted by molar-refractivity contribution is 7.90. The third kappa shape index (κ3) is 7.05. The van der Waals surface area contributed by atoms with E-state index in [4.69, 9.17) is 16.3 Å². The summed E-state index contributed by atoms with van der Waals surface area (Å²) < 4.78 is 49.3. The topological polar surface area (TPSA) is 109 Å². The van der Waals surface area contributed by atoms with Crippen LogP contribution in [0.5, 0.6) is 5.75 Å². The summed E-state index contributed by atoms with van der Waals surface area (Å²) in [6.07, 6.45) is 9.45. The number of ether oxygens (including phenoxy) is 1. The Morgan fingerprint density at radius 3 is 2.66 bits per heavy atom. The number of hydrogen-bond donors (Lipinski definition) is 2. The number of aromatic nitrogens is 1. The Balaban J connectivity index is 1.43. The summed E-state index contributed by atoms with van der Waals surface area (Å²) in [5.74, 6) is -1.25. The minimum absolute atomic E-state index is 0.0609. The van der Waals surface area contributed by atoms with Crippen LogP contribution in [-0.4, -0.2) is 42.8 Å². The lowest BCUT2D eigenvalue weighted by molar-refractivity contribution is -0.0501. The van der Waals surface area contributed by atoms with Gasteiger partial charge in [-0.2, -0.15) is 4.39 Å². The molecule has 3 aromatic rings. The molecule has 8 nitrogen and oxygen atoms in total.